The first-order valence-corrected chi connectivity index (χ1v) is 14.7. The summed E-state index contributed by atoms with van der Waals surface area (Å²) in [5.74, 6) is 0.0629. The van der Waals surface area contributed by atoms with Crippen LogP contribution in [0.5, 0.6) is 0 Å². The van der Waals surface area contributed by atoms with Gasteiger partial charge in [0.1, 0.15) is 6.10 Å². The minimum absolute atomic E-state index is 0.0924. The first-order valence-electron chi connectivity index (χ1n) is 14.7. The first-order chi connectivity index (χ1) is 16.3. The maximum absolute atomic E-state index is 13.0. The van der Waals surface area contributed by atoms with Crippen LogP contribution in [0.3, 0.4) is 0 Å². The Hall–Kier alpha value is -0.870. The molecule has 204 valence electrons. The van der Waals surface area contributed by atoms with Gasteiger partial charge in [0.25, 0.3) is 0 Å². The lowest BCUT2D eigenvalue weighted by Gasteiger charge is -2.75. The number of ether oxygens (including phenoxy) is 1. The molecule has 0 radical (unpaired) electrons. The molecule has 0 aromatic heterocycles. The normalized spacial score (nSPS) is 53.1. The van der Waals surface area contributed by atoms with E-state index in [-0.39, 0.29) is 50.5 Å². The first kappa shape index (κ1) is 26.7. The van der Waals surface area contributed by atoms with Crippen LogP contribution in [0.4, 0.5) is 0 Å². The molecule has 0 amide bonds. The van der Waals surface area contributed by atoms with Crippen LogP contribution in [0.25, 0.3) is 0 Å². The minimum Gasteiger partial charge on any atom is -0.462 e. The van der Waals surface area contributed by atoms with E-state index in [2.05, 4.69) is 61.5 Å². The van der Waals surface area contributed by atoms with Crippen LogP contribution in [0.15, 0.2) is 11.6 Å². The summed E-state index contributed by atoms with van der Waals surface area (Å²) in [7, 11) is 0. The van der Waals surface area contributed by atoms with Crippen molar-refractivity contribution >= 4 is 5.97 Å². The third kappa shape index (κ3) is 2.98. The number of aliphatic hydroxyl groups is 2. The largest absolute Gasteiger partial charge is 0.462 e. The second-order valence-electron chi connectivity index (χ2n) is 16.1. The van der Waals surface area contributed by atoms with Crippen molar-refractivity contribution < 1.29 is 19.7 Å². The van der Waals surface area contributed by atoms with Gasteiger partial charge in [-0.2, -0.15) is 0 Å². The molecule has 5 rings (SSSR count). The molecule has 4 saturated carbocycles. The van der Waals surface area contributed by atoms with Gasteiger partial charge in [-0.05, 0) is 86.5 Å². The summed E-state index contributed by atoms with van der Waals surface area (Å²) in [6.45, 7) is 20.0. The molecular formula is C32H52O4. The maximum atomic E-state index is 13.0. The molecule has 0 saturated heterocycles. The minimum atomic E-state index is -0.867. The van der Waals surface area contributed by atoms with Gasteiger partial charge in [-0.1, -0.05) is 61.5 Å². The molecular weight excluding hydrogens is 448 g/mol. The van der Waals surface area contributed by atoms with E-state index >= 15 is 0 Å². The van der Waals surface area contributed by atoms with Crippen molar-refractivity contribution in [2.24, 2.45) is 38.4 Å². The zero-order chi connectivity index (χ0) is 26.8. The lowest BCUT2D eigenvalue weighted by atomic mass is 9.31. The summed E-state index contributed by atoms with van der Waals surface area (Å²) >= 11 is 0. The van der Waals surface area contributed by atoms with E-state index in [0.29, 0.717) is 6.42 Å². The monoisotopic (exact) mass is 500 g/mol. The van der Waals surface area contributed by atoms with E-state index in [9.17, 15) is 15.0 Å². The fourth-order valence-corrected chi connectivity index (χ4v) is 11.0. The van der Waals surface area contributed by atoms with Crippen molar-refractivity contribution in [1.82, 2.24) is 0 Å². The Bertz CT molecular complexity index is 996. The highest BCUT2D eigenvalue weighted by Crippen LogP contribution is 2.77. The van der Waals surface area contributed by atoms with E-state index < -0.39 is 11.2 Å². The van der Waals surface area contributed by atoms with Gasteiger partial charge in [0.15, 0.2) is 0 Å². The van der Waals surface area contributed by atoms with Crippen molar-refractivity contribution in [2.45, 2.75) is 144 Å². The molecule has 0 aliphatic heterocycles. The Kier molecular flexibility index (Phi) is 5.50. The molecule has 0 spiro atoms. The predicted octanol–water partition coefficient (Wildman–Crippen LogP) is 6.97. The Morgan fingerprint density at radius 3 is 2.17 bits per heavy atom. The summed E-state index contributed by atoms with van der Waals surface area (Å²) in [6, 6.07) is 0. The van der Waals surface area contributed by atoms with Gasteiger partial charge in [0.05, 0.1) is 11.2 Å². The predicted molar refractivity (Wildman–Crippen MR) is 143 cm³/mol. The highest BCUT2D eigenvalue weighted by molar-refractivity contribution is 5.66. The number of carbonyl (C=O) groups excluding carboxylic acids is 1. The molecule has 0 heterocycles. The Balaban J connectivity index is 1.61. The van der Waals surface area contributed by atoms with Crippen LogP contribution in [-0.2, 0) is 9.53 Å². The van der Waals surface area contributed by atoms with Crippen molar-refractivity contribution in [1.29, 1.82) is 0 Å². The third-order valence-corrected chi connectivity index (χ3v) is 13.6. The van der Waals surface area contributed by atoms with E-state index in [1.165, 1.54) is 12.5 Å². The van der Waals surface area contributed by atoms with E-state index in [0.717, 1.165) is 57.8 Å². The molecule has 4 nitrogen and oxygen atoms in total. The van der Waals surface area contributed by atoms with Gasteiger partial charge in [0.2, 0.25) is 0 Å². The molecule has 2 N–H and O–H groups in total. The number of fused-ring (bicyclic) bond motifs is 7. The second kappa shape index (κ2) is 7.40. The third-order valence-electron chi connectivity index (χ3n) is 13.6. The van der Waals surface area contributed by atoms with Gasteiger partial charge in [0, 0.05) is 28.6 Å². The maximum Gasteiger partial charge on any atom is 0.302 e. The van der Waals surface area contributed by atoms with Crippen LogP contribution >= 0.6 is 0 Å². The van der Waals surface area contributed by atoms with Gasteiger partial charge in [-0.25, -0.2) is 0 Å². The molecule has 5 aliphatic rings. The standard InChI is InChI=1S/C32H52O4/c1-21(33)36-24-12-13-29(8)22(26(24,4)5)10-14-30(9)28(7)19-18-27(6)17-16-25(2,3)20-31(27,34)23(28)11-15-32(29,30)35/h11,22,24,34-35H,10,12-20H2,1-9H3/t22-,24-,27+,28+,29-,30-,31+,32-/m0/s1. The van der Waals surface area contributed by atoms with Crippen LogP contribution in [0.2, 0.25) is 0 Å². The van der Waals surface area contributed by atoms with Crippen molar-refractivity contribution in [2.75, 3.05) is 0 Å². The number of hydrogen-bond donors (Lipinski definition) is 2. The second-order valence-corrected chi connectivity index (χ2v) is 16.1. The molecule has 4 fully saturated rings. The van der Waals surface area contributed by atoms with Crippen LogP contribution in [0, 0.1) is 38.4 Å². The van der Waals surface area contributed by atoms with Gasteiger partial charge < -0.3 is 14.9 Å². The van der Waals surface area contributed by atoms with E-state index in [1.54, 1.807) is 0 Å². The fourth-order valence-electron chi connectivity index (χ4n) is 11.0. The summed E-state index contributed by atoms with van der Waals surface area (Å²) < 4.78 is 5.84. The van der Waals surface area contributed by atoms with Crippen molar-refractivity contribution in [3.05, 3.63) is 11.6 Å². The molecule has 0 unspecified atom stereocenters. The fraction of sp³-hybridized carbons (Fsp3) is 0.906. The molecule has 8 atom stereocenters. The Labute approximate surface area is 219 Å². The van der Waals surface area contributed by atoms with Gasteiger partial charge in [-0.15, -0.1) is 0 Å². The molecule has 36 heavy (non-hydrogen) atoms. The molecule has 4 heteroatoms. The summed E-state index contributed by atoms with van der Waals surface area (Å²) in [4.78, 5) is 11.9. The SMILES string of the molecule is CC(=O)O[C@H]1CC[C@@]2(C)[C@@H](CC[C@]3(C)[C@]2(O)CC=C2[C@]4(O)CC(C)(C)CC[C@]4(C)CC[C@]23C)C1(C)C. The quantitative estimate of drug-likeness (QED) is 0.301. The lowest BCUT2D eigenvalue weighted by Crippen LogP contribution is -2.75. The topological polar surface area (TPSA) is 66.8 Å². The lowest BCUT2D eigenvalue weighted by molar-refractivity contribution is -0.297. The van der Waals surface area contributed by atoms with Gasteiger partial charge >= 0.3 is 5.97 Å². The average Bonchev–Trinajstić information content (AvgIpc) is 2.74. The zero-order valence-electron chi connectivity index (χ0n) is 24.5. The zero-order valence-corrected chi connectivity index (χ0v) is 24.5. The van der Waals surface area contributed by atoms with Crippen molar-refractivity contribution in [3.63, 3.8) is 0 Å². The molecule has 0 aromatic rings. The molecule has 5 aliphatic carbocycles. The van der Waals surface area contributed by atoms with Crippen LogP contribution in [-0.4, -0.2) is 33.5 Å². The highest BCUT2D eigenvalue weighted by Gasteiger charge is 2.76. The van der Waals surface area contributed by atoms with Gasteiger partial charge in [-0.3, -0.25) is 4.79 Å². The summed E-state index contributed by atoms with van der Waals surface area (Å²) in [5, 5.41) is 25.7. The summed E-state index contributed by atoms with van der Waals surface area (Å²) in [6.07, 6.45) is 11.5. The van der Waals surface area contributed by atoms with Crippen LogP contribution < -0.4 is 0 Å². The Morgan fingerprint density at radius 2 is 1.53 bits per heavy atom. The number of hydrogen-bond acceptors (Lipinski definition) is 4. The molecule has 0 bridgehead atoms. The Morgan fingerprint density at radius 1 is 0.889 bits per heavy atom. The number of esters is 1. The average molecular weight is 501 g/mol. The van der Waals surface area contributed by atoms with E-state index in [4.69, 9.17) is 4.74 Å². The summed E-state index contributed by atoms with van der Waals surface area (Å²) in [5.41, 5.74) is -1.46. The van der Waals surface area contributed by atoms with E-state index in [1.807, 2.05) is 0 Å². The number of carbonyl (C=O) groups is 1. The molecule has 0 aromatic carbocycles. The smallest absolute Gasteiger partial charge is 0.302 e. The van der Waals surface area contributed by atoms with Crippen LogP contribution in [0.1, 0.15) is 127 Å². The van der Waals surface area contributed by atoms with Crippen molar-refractivity contribution in [3.8, 4) is 0 Å². The number of rotatable bonds is 1. The highest BCUT2D eigenvalue weighted by atomic mass is 16.5.